The number of benzene rings is 2. The van der Waals surface area contributed by atoms with Crippen LogP contribution in [0.2, 0.25) is 5.02 Å². The number of nitrogens with one attached hydrogen (secondary N) is 2. The Morgan fingerprint density at radius 1 is 1.17 bits per heavy atom. The van der Waals surface area contributed by atoms with Gasteiger partial charge < -0.3 is 10.2 Å². The van der Waals surface area contributed by atoms with Crippen LogP contribution in [0.15, 0.2) is 42.5 Å². The third-order valence-corrected chi connectivity index (χ3v) is 3.77. The van der Waals surface area contributed by atoms with Crippen LogP contribution in [0.4, 0.5) is 5.69 Å². The Morgan fingerprint density at radius 2 is 1.79 bits per heavy atom. The molecule has 0 heterocycles. The zero-order chi connectivity index (χ0) is 17.7. The van der Waals surface area contributed by atoms with Crippen LogP contribution in [0, 0.1) is 10.1 Å². The minimum Gasteiger partial charge on any atom is -0.348 e. The van der Waals surface area contributed by atoms with Gasteiger partial charge in [0.1, 0.15) is 6.54 Å². The fourth-order valence-electron chi connectivity index (χ4n) is 2.26. The van der Waals surface area contributed by atoms with Gasteiger partial charge in [0.15, 0.2) is 0 Å². The quantitative estimate of drug-likeness (QED) is 0.617. The second-order valence-corrected chi connectivity index (χ2v) is 6.21. The Morgan fingerprint density at radius 3 is 2.38 bits per heavy atom. The highest BCUT2D eigenvalue weighted by molar-refractivity contribution is 6.33. The van der Waals surface area contributed by atoms with E-state index in [4.69, 9.17) is 11.6 Å². The molecule has 0 aliphatic heterocycles. The molecule has 0 aromatic heterocycles. The molecule has 24 heavy (non-hydrogen) atoms. The van der Waals surface area contributed by atoms with E-state index in [1.165, 1.54) is 28.7 Å². The molecule has 7 heteroatoms. The van der Waals surface area contributed by atoms with E-state index in [9.17, 15) is 14.9 Å². The predicted molar refractivity (Wildman–Crippen MR) is 92.2 cm³/mol. The van der Waals surface area contributed by atoms with Crippen molar-refractivity contribution >= 4 is 23.2 Å². The Balaban J connectivity index is 2.03. The van der Waals surface area contributed by atoms with Gasteiger partial charge in [-0.2, -0.15) is 0 Å². The van der Waals surface area contributed by atoms with Gasteiger partial charge in [-0.05, 0) is 11.6 Å². The number of hydrogen-bond donors (Lipinski definition) is 2. The lowest BCUT2D eigenvalue weighted by molar-refractivity contribution is -0.872. The lowest BCUT2D eigenvalue weighted by Gasteiger charge is -2.09. The molecule has 0 saturated heterocycles. The zero-order valence-corrected chi connectivity index (χ0v) is 14.3. The van der Waals surface area contributed by atoms with E-state index in [1.807, 2.05) is 24.3 Å². The van der Waals surface area contributed by atoms with Gasteiger partial charge in [0.25, 0.3) is 11.6 Å². The lowest BCUT2D eigenvalue weighted by atomic mass is 10.1. The van der Waals surface area contributed by atoms with E-state index in [0.717, 1.165) is 12.1 Å². The minimum absolute atomic E-state index is 0.0960. The molecule has 0 saturated carbocycles. The molecule has 2 N–H and O–H groups in total. The molecule has 126 valence electrons. The van der Waals surface area contributed by atoms with E-state index in [2.05, 4.69) is 19.4 Å². The highest BCUT2D eigenvalue weighted by Crippen LogP contribution is 2.22. The molecular weight excluding hydrogens is 330 g/mol. The fraction of sp³-hybridized carbons (Fsp3) is 0.235. The van der Waals surface area contributed by atoms with Gasteiger partial charge in [0.05, 0.1) is 29.6 Å². The van der Waals surface area contributed by atoms with Crippen LogP contribution in [-0.2, 0) is 13.1 Å². The number of nitro benzene ring substituents is 1. The number of halogens is 1. The van der Waals surface area contributed by atoms with E-state index in [-0.39, 0.29) is 16.3 Å². The van der Waals surface area contributed by atoms with Crippen LogP contribution in [0.25, 0.3) is 0 Å². The molecule has 0 fully saturated rings. The number of carbonyl (C=O) groups excluding carboxylic acids is 1. The lowest BCUT2D eigenvalue weighted by Crippen LogP contribution is -3.04. The molecule has 0 radical (unpaired) electrons. The maximum absolute atomic E-state index is 12.2. The summed E-state index contributed by atoms with van der Waals surface area (Å²) in [6, 6.07) is 11.8. The summed E-state index contributed by atoms with van der Waals surface area (Å²) in [4.78, 5) is 23.8. The molecule has 2 aromatic carbocycles. The van der Waals surface area contributed by atoms with Gasteiger partial charge in [-0.25, -0.2) is 0 Å². The monoisotopic (exact) mass is 348 g/mol. The number of amides is 1. The third kappa shape index (κ3) is 4.78. The Kier molecular flexibility index (Phi) is 5.89. The molecule has 0 unspecified atom stereocenters. The zero-order valence-electron chi connectivity index (χ0n) is 13.5. The summed E-state index contributed by atoms with van der Waals surface area (Å²) in [5.74, 6) is -0.439. The average Bonchev–Trinajstić information content (AvgIpc) is 2.53. The topological polar surface area (TPSA) is 76.7 Å². The normalized spacial score (nSPS) is 10.7. The van der Waals surface area contributed by atoms with Gasteiger partial charge in [-0.1, -0.05) is 35.9 Å². The van der Waals surface area contributed by atoms with Crippen molar-refractivity contribution in [1.29, 1.82) is 0 Å². The summed E-state index contributed by atoms with van der Waals surface area (Å²) in [6.07, 6.45) is 0. The fourth-order valence-corrected chi connectivity index (χ4v) is 2.46. The molecule has 0 bridgehead atoms. The Labute approximate surface area is 145 Å². The standard InChI is InChI=1S/C17H18ClN3O3/c1-20(2)11-13-5-3-12(4-6-13)10-19-17(22)15-9-14(21(23)24)7-8-16(15)18/h3-9H,10-11H2,1-2H3,(H,19,22)/p+1. The first-order valence-electron chi connectivity index (χ1n) is 7.46. The second-order valence-electron chi connectivity index (χ2n) is 5.80. The van der Waals surface area contributed by atoms with Crippen molar-refractivity contribution in [3.63, 3.8) is 0 Å². The number of rotatable bonds is 6. The molecule has 2 rings (SSSR count). The molecule has 2 aromatic rings. The van der Waals surface area contributed by atoms with Crippen molar-refractivity contribution < 1.29 is 14.6 Å². The van der Waals surface area contributed by atoms with Crippen molar-refractivity contribution in [3.05, 3.63) is 74.3 Å². The number of quaternary nitrogens is 1. The molecule has 0 atom stereocenters. The van der Waals surface area contributed by atoms with Crippen molar-refractivity contribution in [3.8, 4) is 0 Å². The highest BCUT2D eigenvalue weighted by Gasteiger charge is 2.15. The van der Waals surface area contributed by atoms with Crippen LogP contribution in [-0.4, -0.2) is 24.9 Å². The van der Waals surface area contributed by atoms with Gasteiger partial charge in [0.2, 0.25) is 0 Å². The number of nitro groups is 1. The highest BCUT2D eigenvalue weighted by atomic mass is 35.5. The molecule has 1 amide bonds. The second kappa shape index (κ2) is 7.90. The van der Waals surface area contributed by atoms with Crippen molar-refractivity contribution in [2.24, 2.45) is 0 Å². The summed E-state index contributed by atoms with van der Waals surface area (Å²) in [6.45, 7) is 1.25. The predicted octanol–water partition coefficient (Wildman–Crippen LogP) is 1.82. The first kappa shape index (κ1) is 17.9. The summed E-state index contributed by atoms with van der Waals surface area (Å²) in [5.41, 5.74) is 2.09. The van der Waals surface area contributed by atoms with Crippen molar-refractivity contribution in [2.45, 2.75) is 13.1 Å². The van der Waals surface area contributed by atoms with Crippen LogP contribution >= 0.6 is 11.6 Å². The number of non-ortho nitro benzene ring substituents is 1. The number of nitrogens with zero attached hydrogens (tertiary/aromatic N) is 1. The SMILES string of the molecule is C[NH+](C)Cc1ccc(CNC(=O)c2cc([N+](=O)[O-])ccc2Cl)cc1. The number of carbonyl (C=O) groups is 1. The Bertz CT molecular complexity index is 745. The molecule has 0 spiro atoms. The smallest absolute Gasteiger partial charge is 0.270 e. The summed E-state index contributed by atoms with van der Waals surface area (Å²) in [5, 5.41) is 13.7. The molecule has 0 aliphatic carbocycles. The van der Waals surface area contributed by atoms with Crippen molar-refractivity contribution in [1.82, 2.24) is 5.32 Å². The van der Waals surface area contributed by atoms with E-state index in [1.54, 1.807) is 0 Å². The summed E-state index contributed by atoms with van der Waals surface area (Å²) in [7, 11) is 4.16. The van der Waals surface area contributed by atoms with Crippen LogP contribution in [0.5, 0.6) is 0 Å². The Hall–Kier alpha value is -2.44. The first-order valence-corrected chi connectivity index (χ1v) is 7.83. The van der Waals surface area contributed by atoms with E-state index < -0.39 is 10.8 Å². The largest absolute Gasteiger partial charge is 0.348 e. The minimum atomic E-state index is -0.557. The summed E-state index contributed by atoms with van der Waals surface area (Å²) < 4.78 is 0. The maximum atomic E-state index is 12.2. The first-order chi connectivity index (χ1) is 11.4. The van der Waals surface area contributed by atoms with Crippen molar-refractivity contribution in [2.75, 3.05) is 14.1 Å². The third-order valence-electron chi connectivity index (χ3n) is 3.44. The van der Waals surface area contributed by atoms with Gasteiger partial charge in [0, 0.05) is 24.2 Å². The average molecular weight is 349 g/mol. The molecule has 6 nitrogen and oxygen atoms in total. The number of hydrogen-bond acceptors (Lipinski definition) is 3. The molecule has 0 aliphatic rings. The van der Waals surface area contributed by atoms with Crippen LogP contribution < -0.4 is 10.2 Å². The summed E-state index contributed by atoms with van der Waals surface area (Å²) >= 11 is 5.96. The molecular formula is C17H19ClN3O3+. The maximum Gasteiger partial charge on any atom is 0.270 e. The van der Waals surface area contributed by atoms with Crippen LogP contribution in [0.1, 0.15) is 21.5 Å². The van der Waals surface area contributed by atoms with Gasteiger partial charge >= 0.3 is 0 Å². The van der Waals surface area contributed by atoms with Gasteiger partial charge in [-0.3, -0.25) is 14.9 Å². The van der Waals surface area contributed by atoms with E-state index >= 15 is 0 Å². The van der Waals surface area contributed by atoms with E-state index in [0.29, 0.717) is 6.54 Å². The van der Waals surface area contributed by atoms with Crippen LogP contribution in [0.3, 0.4) is 0 Å². The van der Waals surface area contributed by atoms with Gasteiger partial charge in [-0.15, -0.1) is 0 Å².